The van der Waals surface area contributed by atoms with E-state index in [2.05, 4.69) is 10.1 Å². The molecule has 0 unspecified atom stereocenters. The van der Waals surface area contributed by atoms with Gasteiger partial charge in [0.1, 0.15) is 0 Å². The molecule has 0 aromatic heterocycles. The number of halogens is 3. The number of rotatable bonds is 1. The van der Waals surface area contributed by atoms with E-state index in [0.717, 1.165) is 12.1 Å². The first-order valence-corrected chi connectivity index (χ1v) is 4.55. The SMILES string of the molecule is Cl.O=C1N[C@@H](c2ccc(F)c(F)c2)CCO1. The molecule has 0 radical (unpaired) electrons. The van der Waals surface area contributed by atoms with E-state index < -0.39 is 17.7 Å². The third-order valence-corrected chi connectivity index (χ3v) is 2.28. The maximum atomic E-state index is 12.9. The molecule has 1 heterocycles. The summed E-state index contributed by atoms with van der Waals surface area (Å²) >= 11 is 0. The molecule has 1 aliphatic rings. The minimum Gasteiger partial charge on any atom is -0.449 e. The first-order valence-electron chi connectivity index (χ1n) is 4.55. The summed E-state index contributed by atoms with van der Waals surface area (Å²) in [5, 5.41) is 2.53. The van der Waals surface area contributed by atoms with Gasteiger partial charge >= 0.3 is 6.09 Å². The Morgan fingerprint density at radius 2 is 2.06 bits per heavy atom. The lowest BCUT2D eigenvalue weighted by atomic mass is 10.0. The van der Waals surface area contributed by atoms with E-state index in [-0.39, 0.29) is 25.1 Å². The fourth-order valence-electron chi connectivity index (χ4n) is 1.50. The van der Waals surface area contributed by atoms with Crippen LogP contribution in [0.5, 0.6) is 0 Å². The molecular weight excluding hydrogens is 240 g/mol. The van der Waals surface area contributed by atoms with Crippen LogP contribution in [0.15, 0.2) is 18.2 Å². The standard InChI is InChI=1S/C10H9F2NO2.ClH/c11-7-2-1-6(5-8(7)12)9-3-4-15-10(14)13-9;/h1-2,5,9H,3-4H2,(H,13,14);1H/t9-;/m1./s1. The number of hydrogen-bond donors (Lipinski definition) is 1. The molecule has 2 rings (SSSR count). The topological polar surface area (TPSA) is 38.3 Å². The highest BCUT2D eigenvalue weighted by molar-refractivity contribution is 5.85. The van der Waals surface area contributed by atoms with Crippen molar-refractivity contribution in [2.75, 3.05) is 6.61 Å². The van der Waals surface area contributed by atoms with Crippen LogP contribution in [-0.2, 0) is 4.74 Å². The van der Waals surface area contributed by atoms with Gasteiger partial charge in [0.15, 0.2) is 11.6 Å². The van der Waals surface area contributed by atoms with Gasteiger partial charge < -0.3 is 10.1 Å². The van der Waals surface area contributed by atoms with Gasteiger partial charge in [-0.1, -0.05) is 6.07 Å². The molecule has 16 heavy (non-hydrogen) atoms. The summed E-state index contributed by atoms with van der Waals surface area (Å²) in [4.78, 5) is 10.9. The van der Waals surface area contributed by atoms with Gasteiger partial charge in [-0.2, -0.15) is 0 Å². The predicted octanol–water partition coefficient (Wildman–Crippen LogP) is 2.56. The Balaban J connectivity index is 0.00000128. The third kappa shape index (κ3) is 2.61. The number of ether oxygens (including phenoxy) is 1. The molecule has 1 atom stereocenters. The molecule has 0 spiro atoms. The Hall–Kier alpha value is -1.36. The van der Waals surface area contributed by atoms with Crippen molar-refractivity contribution in [2.24, 2.45) is 0 Å². The monoisotopic (exact) mass is 249 g/mol. The van der Waals surface area contributed by atoms with Crippen molar-refractivity contribution in [2.45, 2.75) is 12.5 Å². The molecule has 1 aromatic carbocycles. The van der Waals surface area contributed by atoms with Crippen molar-refractivity contribution in [3.8, 4) is 0 Å². The minimum absolute atomic E-state index is 0. The zero-order chi connectivity index (χ0) is 10.8. The second-order valence-corrected chi connectivity index (χ2v) is 3.30. The Kier molecular flexibility index (Phi) is 4.06. The van der Waals surface area contributed by atoms with Gasteiger partial charge in [-0.15, -0.1) is 12.4 Å². The van der Waals surface area contributed by atoms with Gasteiger partial charge in [-0.3, -0.25) is 0 Å². The molecule has 88 valence electrons. The van der Waals surface area contributed by atoms with Crippen LogP contribution < -0.4 is 5.32 Å². The fraction of sp³-hybridized carbons (Fsp3) is 0.300. The number of carbonyl (C=O) groups excluding carboxylic acids is 1. The molecule has 1 N–H and O–H groups in total. The minimum atomic E-state index is -0.909. The summed E-state index contributed by atoms with van der Waals surface area (Å²) in [5.74, 6) is -1.80. The van der Waals surface area contributed by atoms with E-state index in [0.29, 0.717) is 12.0 Å². The maximum absolute atomic E-state index is 12.9. The summed E-state index contributed by atoms with van der Waals surface area (Å²) in [7, 11) is 0. The van der Waals surface area contributed by atoms with Crippen molar-refractivity contribution in [3.05, 3.63) is 35.4 Å². The summed E-state index contributed by atoms with van der Waals surface area (Å²) in [6.07, 6.45) is 0.0209. The highest BCUT2D eigenvalue weighted by Crippen LogP contribution is 2.21. The molecule has 1 saturated heterocycles. The maximum Gasteiger partial charge on any atom is 0.407 e. The lowest BCUT2D eigenvalue weighted by molar-refractivity contribution is 0.115. The van der Waals surface area contributed by atoms with Crippen molar-refractivity contribution >= 4 is 18.5 Å². The predicted molar refractivity (Wildman–Crippen MR) is 55.4 cm³/mol. The molecule has 3 nitrogen and oxygen atoms in total. The van der Waals surface area contributed by atoms with Crippen molar-refractivity contribution < 1.29 is 18.3 Å². The summed E-state index contributed by atoms with van der Waals surface area (Å²) < 4.78 is 30.2. The average molecular weight is 250 g/mol. The van der Waals surface area contributed by atoms with Gasteiger partial charge in [0, 0.05) is 6.42 Å². The van der Waals surface area contributed by atoms with E-state index in [4.69, 9.17) is 0 Å². The molecular formula is C10H10ClF2NO2. The average Bonchev–Trinajstić information content (AvgIpc) is 2.22. The summed E-state index contributed by atoms with van der Waals surface area (Å²) in [6.45, 7) is 0.287. The van der Waals surface area contributed by atoms with Crippen LogP contribution in [0.4, 0.5) is 13.6 Å². The first kappa shape index (κ1) is 12.7. The van der Waals surface area contributed by atoms with Crippen molar-refractivity contribution in [1.82, 2.24) is 5.32 Å². The zero-order valence-corrected chi connectivity index (χ0v) is 9.02. The number of alkyl carbamates (subject to hydrolysis) is 1. The normalized spacial score (nSPS) is 19.4. The molecule has 1 fully saturated rings. The van der Waals surface area contributed by atoms with Gasteiger partial charge in [0.2, 0.25) is 0 Å². The van der Waals surface area contributed by atoms with Crippen molar-refractivity contribution in [3.63, 3.8) is 0 Å². The lowest BCUT2D eigenvalue weighted by Gasteiger charge is -2.23. The van der Waals surface area contributed by atoms with Gasteiger partial charge in [0.25, 0.3) is 0 Å². The van der Waals surface area contributed by atoms with E-state index >= 15 is 0 Å². The van der Waals surface area contributed by atoms with E-state index in [1.54, 1.807) is 0 Å². The molecule has 0 bridgehead atoms. The number of amides is 1. The molecule has 0 aliphatic carbocycles. The second-order valence-electron chi connectivity index (χ2n) is 3.30. The highest BCUT2D eigenvalue weighted by Gasteiger charge is 2.21. The van der Waals surface area contributed by atoms with Gasteiger partial charge in [-0.25, -0.2) is 13.6 Å². The first-order chi connectivity index (χ1) is 7.16. The van der Waals surface area contributed by atoms with Crippen LogP contribution in [0, 0.1) is 11.6 Å². The Bertz CT molecular complexity index is 400. The fourth-order valence-corrected chi connectivity index (χ4v) is 1.50. The molecule has 1 amide bonds. The smallest absolute Gasteiger partial charge is 0.407 e. The Labute approximate surface area is 97.2 Å². The second kappa shape index (κ2) is 5.12. The number of nitrogens with one attached hydrogen (secondary N) is 1. The summed E-state index contributed by atoms with van der Waals surface area (Å²) in [6, 6.07) is 3.29. The third-order valence-electron chi connectivity index (χ3n) is 2.28. The summed E-state index contributed by atoms with van der Waals surface area (Å²) in [5.41, 5.74) is 0.547. The molecule has 1 aliphatic heterocycles. The Morgan fingerprint density at radius 3 is 2.69 bits per heavy atom. The quantitative estimate of drug-likeness (QED) is 0.831. The van der Waals surface area contributed by atoms with E-state index in [1.807, 2.05) is 0 Å². The number of benzene rings is 1. The van der Waals surface area contributed by atoms with Crippen LogP contribution in [0.2, 0.25) is 0 Å². The van der Waals surface area contributed by atoms with Crippen LogP contribution in [0.25, 0.3) is 0 Å². The van der Waals surface area contributed by atoms with Crippen LogP contribution in [0.1, 0.15) is 18.0 Å². The highest BCUT2D eigenvalue weighted by atomic mass is 35.5. The van der Waals surface area contributed by atoms with Crippen LogP contribution >= 0.6 is 12.4 Å². The van der Waals surface area contributed by atoms with Crippen LogP contribution in [0.3, 0.4) is 0 Å². The van der Waals surface area contributed by atoms with Crippen molar-refractivity contribution in [1.29, 1.82) is 0 Å². The molecule has 6 heteroatoms. The zero-order valence-electron chi connectivity index (χ0n) is 8.20. The number of carbonyl (C=O) groups is 1. The van der Waals surface area contributed by atoms with Crippen LogP contribution in [-0.4, -0.2) is 12.7 Å². The van der Waals surface area contributed by atoms with E-state index in [1.165, 1.54) is 6.07 Å². The van der Waals surface area contributed by atoms with Gasteiger partial charge in [0.05, 0.1) is 12.6 Å². The largest absolute Gasteiger partial charge is 0.449 e. The molecule has 1 aromatic rings. The van der Waals surface area contributed by atoms with E-state index in [9.17, 15) is 13.6 Å². The number of hydrogen-bond acceptors (Lipinski definition) is 2. The Morgan fingerprint density at radius 1 is 1.31 bits per heavy atom. The molecule has 0 saturated carbocycles. The number of cyclic esters (lactones) is 1. The lowest BCUT2D eigenvalue weighted by Crippen LogP contribution is -2.35. The van der Waals surface area contributed by atoms with Gasteiger partial charge in [-0.05, 0) is 17.7 Å².